The molecule has 2 amide bonds. The second kappa shape index (κ2) is 6.03. The molecule has 0 fully saturated rings. The highest BCUT2D eigenvalue weighted by molar-refractivity contribution is 5.90. The summed E-state index contributed by atoms with van der Waals surface area (Å²) >= 11 is 0. The molecule has 0 heterocycles. The van der Waals surface area contributed by atoms with Gasteiger partial charge in [-0.05, 0) is 19.1 Å². The molecule has 0 spiro atoms. The predicted molar refractivity (Wildman–Crippen MR) is 59.9 cm³/mol. The van der Waals surface area contributed by atoms with Crippen LogP contribution in [0.2, 0.25) is 0 Å². The molecule has 0 bridgehead atoms. The van der Waals surface area contributed by atoms with Crippen LogP contribution in [0.4, 0.5) is 10.5 Å². The number of nitrogens with two attached hydrogens (primary N) is 1. The fourth-order valence-electron chi connectivity index (χ4n) is 1.27. The Morgan fingerprint density at radius 2 is 2.07 bits per heavy atom. The zero-order chi connectivity index (χ0) is 11.1. The van der Waals surface area contributed by atoms with Gasteiger partial charge in [-0.3, -0.25) is 4.90 Å². The fourth-order valence-corrected chi connectivity index (χ4v) is 1.27. The number of nitrogens with zero attached hydrogens (tertiary/aromatic N) is 1. The first-order chi connectivity index (χ1) is 7.25. The van der Waals surface area contributed by atoms with Crippen molar-refractivity contribution >= 4 is 11.7 Å². The number of carbonyl (C=O) groups is 1. The van der Waals surface area contributed by atoms with Crippen LogP contribution in [-0.4, -0.2) is 25.8 Å². The zero-order valence-electron chi connectivity index (χ0n) is 8.85. The number of hydrogen-bond donors (Lipinski definition) is 1. The zero-order valence-corrected chi connectivity index (χ0v) is 8.85. The summed E-state index contributed by atoms with van der Waals surface area (Å²) in [6.07, 6.45) is 0. The fraction of sp³-hybridized carbons (Fsp3) is 0.364. The molecule has 15 heavy (non-hydrogen) atoms. The van der Waals surface area contributed by atoms with E-state index in [-0.39, 0.29) is 0 Å². The standard InChI is InChI=1S/C11H16N2O2/c1-2-15-9-8-13(11(12)14)10-6-4-3-5-7-10/h3-7H,2,8-9H2,1H3,(H2,12,14). The van der Waals surface area contributed by atoms with E-state index in [2.05, 4.69) is 0 Å². The van der Waals surface area contributed by atoms with Gasteiger partial charge in [0.2, 0.25) is 0 Å². The summed E-state index contributed by atoms with van der Waals surface area (Å²) in [6, 6.07) is 8.86. The number of anilines is 1. The number of primary amides is 1. The van der Waals surface area contributed by atoms with Gasteiger partial charge in [0, 0.05) is 12.3 Å². The maximum atomic E-state index is 11.2. The van der Waals surface area contributed by atoms with Gasteiger partial charge >= 0.3 is 6.03 Å². The molecule has 0 atom stereocenters. The number of rotatable bonds is 5. The molecule has 0 radical (unpaired) electrons. The predicted octanol–water partition coefficient (Wildman–Crippen LogP) is 1.61. The summed E-state index contributed by atoms with van der Waals surface area (Å²) in [6.45, 7) is 3.53. The minimum Gasteiger partial charge on any atom is -0.380 e. The molecule has 0 aromatic heterocycles. The van der Waals surface area contributed by atoms with Crippen LogP contribution in [0, 0.1) is 0 Å². The lowest BCUT2D eigenvalue weighted by Gasteiger charge is -2.20. The topological polar surface area (TPSA) is 55.6 Å². The van der Waals surface area contributed by atoms with Crippen LogP contribution in [0.3, 0.4) is 0 Å². The van der Waals surface area contributed by atoms with Gasteiger partial charge in [0.25, 0.3) is 0 Å². The quantitative estimate of drug-likeness (QED) is 0.747. The van der Waals surface area contributed by atoms with E-state index in [1.807, 2.05) is 37.3 Å². The van der Waals surface area contributed by atoms with Gasteiger partial charge in [-0.2, -0.15) is 0 Å². The molecule has 0 saturated carbocycles. The molecule has 82 valence electrons. The van der Waals surface area contributed by atoms with Crippen LogP contribution in [0.15, 0.2) is 30.3 Å². The Morgan fingerprint density at radius 3 is 2.60 bits per heavy atom. The summed E-state index contributed by atoms with van der Waals surface area (Å²) in [5, 5.41) is 0. The third-order valence-corrected chi connectivity index (χ3v) is 2.00. The molecule has 1 aromatic carbocycles. The summed E-state index contributed by atoms with van der Waals surface area (Å²) < 4.78 is 5.19. The van der Waals surface area contributed by atoms with E-state index in [4.69, 9.17) is 10.5 Å². The van der Waals surface area contributed by atoms with Crippen LogP contribution < -0.4 is 10.6 Å². The van der Waals surface area contributed by atoms with Crippen molar-refractivity contribution in [1.29, 1.82) is 0 Å². The van der Waals surface area contributed by atoms with Crippen LogP contribution >= 0.6 is 0 Å². The highest BCUT2D eigenvalue weighted by Gasteiger charge is 2.10. The molecular formula is C11H16N2O2. The van der Waals surface area contributed by atoms with Crippen molar-refractivity contribution in [2.24, 2.45) is 5.73 Å². The Morgan fingerprint density at radius 1 is 1.40 bits per heavy atom. The number of urea groups is 1. The van der Waals surface area contributed by atoms with Crippen molar-refractivity contribution in [3.8, 4) is 0 Å². The van der Waals surface area contributed by atoms with E-state index >= 15 is 0 Å². The van der Waals surface area contributed by atoms with Crippen molar-refractivity contribution in [2.75, 3.05) is 24.7 Å². The number of amides is 2. The van der Waals surface area contributed by atoms with Crippen LogP contribution in [-0.2, 0) is 4.74 Å². The van der Waals surface area contributed by atoms with Crippen molar-refractivity contribution in [3.63, 3.8) is 0 Å². The lowest BCUT2D eigenvalue weighted by molar-refractivity contribution is 0.154. The van der Waals surface area contributed by atoms with Crippen molar-refractivity contribution in [3.05, 3.63) is 30.3 Å². The van der Waals surface area contributed by atoms with Gasteiger partial charge < -0.3 is 10.5 Å². The number of para-hydroxylation sites is 1. The highest BCUT2D eigenvalue weighted by atomic mass is 16.5. The Labute approximate surface area is 89.6 Å². The first-order valence-electron chi connectivity index (χ1n) is 4.95. The van der Waals surface area contributed by atoms with E-state index in [1.165, 1.54) is 4.90 Å². The average Bonchev–Trinajstić information content (AvgIpc) is 2.25. The Bertz CT molecular complexity index is 301. The Kier molecular flexibility index (Phi) is 4.63. The molecule has 0 aliphatic carbocycles. The summed E-state index contributed by atoms with van der Waals surface area (Å²) in [4.78, 5) is 12.7. The third-order valence-electron chi connectivity index (χ3n) is 2.00. The molecular weight excluding hydrogens is 192 g/mol. The van der Waals surface area contributed by atoms with Crippen LogP contribution in [0.5, 0.6) is 0 Å². The minimum absolute atomic E-state index is 0.457. The first kappa shape index (κ1) is 11.5. The molecule has 0 aliphatic heterocycles. The molecule has 0 aliphatic rings. The summed E-state index contributed by atoms with van der Waals surface area (Å²) in [5.74, 6) is 0. The van der Waals surface area contributed by atoms with Gasteiger partial charge in [-0.25, -0.2) is 4.79 Å². The lowest BCUT2D eigenvalue weighted by Crippen LogP contribution is -2.38. The van der Waals surface area contributed by atoms with E-state index in [0.29, 0.717) is 19.8 Å². The lowest BCUT2D eigenvalue weighted by atomic mass is 10.3. The third kappa shape index (κ3) is 3.59. The van der Waals surface area contributed by atoms with E-state index in [9.17, 15) is 4.79 Å². The molecule has 4 nitrogen and oxygen atoms in total. The van der Waals surface area contributed by atoms with Gasteiger partial charge in [-0.1, -0.05) is 18.2 Å². The van der Waals surface area contributed by atoms with Crippen molar-refractivity contribution in [1.82, 2.24) is 0 Å². The monoisotopic (exact) mass is 208 g/mol. The Balaban J connectivity index is 2.62. The van der Waals surface area contributed by atoms with E-state index in [1.54, 1.807) is 0 Å². The largest absolute Gasteiger partial charge is 0.380 e. The number of hydrogen-bond acceptors (Lipinski definition) is 2. The SMILES string of the molecule is CCOCCN(C(N)=O)c1ccccc1. The van der Waals surface area contributed by atoms with Crippen molar-refractivity contribution < 1.29 is 9.53 Å². The van der Waals surface area contributed by atoms with E-state index < -0.39 is 6.03 Å². The maximum absolute atomic E-state index is 11.2. The minimum atomic E-state index is -0.457. The first-order valence-corrected chi connectivity index (χ1v) is 4.95. The molecule has 1 rings (SSSR count). The summed E-state index contributed by atoms with van der Waals surface area (Å²) in [5.41, 5.74) is 6.08. The average molecular weight is 208 g/mol. The number of benzene rings is 1. The molecule has 4 heteroatoms. The highest BCUT2D eigenvalue weighted by Crippen LogP contribution is 2.12. The maximum Gasteiger partial charge on any atom is 0.319 e. The number of ether oxygens (including phenoxy) is 1. The van der Waals surface area contributed by atoms with Gasteiger partial charge in [0.05, 0.1) is 13.2 Å². The van der Waals surface area contributed by atoms with Gasteiger partial charge in [0.15, 0.2) is 0 Å². The number of carbonyl (C=O) groups excluding carboxylic acids is 1. The molecule has 0 saturated heterocycles. The summed E-state index contributed by atoms with van der Waals surface area (Å²) in [7, 11) is 0. The van der Waals surface area contributed by atoms with Gasteiger partial charge in [-0.15, -0.1) is 0 Å². The second-order valence-electron chi connectivity index (χ2n) is 3.02. The van der Waals surface area contributed by atoms with Crippen LogP contribution in [0.1, 0.15) is 6.92 Å². The van der Waals surface area contributed by atoms with Crippen LogP contribution in [0.25, 0.3) is 0 Å². The van der Waals surface area contributed by atoms with Crippen molar-refractivity contribution in [2.45, 2.75) is 6.92 Å². The molecule has 1 aromatic rings. The second-order valence-corrected chi connectivity index (χ2v) is 3.02. The smallest absolute Gasteiger partial charge is 0.319 e. The molecule has 2 N–H and O–H groups in total. The Hall–Kier alpha value is -1.55. The molecule has 0 unspecified atom stereocenters. The normalized spacial score (nSPS) is 9.93. The van der Waals surface area contributed by atoms with Gasteiger partial charge in [0.1, 0.15) is 0 Å². The van der Waals surface area contributed by atoms with E-state index in [0.717, 1.165) is 5.69 Å².